The third kappa shape index (κ3) is 4.13. The van der Waals surface area contributed by atoms with E-state index in [1.165, 1.54) is 18.2 Å². The fourth-order valence-corrected chi connectivity index (χ4v) is 3.56. The molecule has 0 spiro atoms. The lowest BCUT2D eigenvalue weighted by Gasteiger charge is -2.12. The van der Waals surface area contributed by atoms with Gasteiger partial charge in [0.2, 0.25) is 5.78 Å². The quantitative estimate of drug-likeness (QED) is 0.723. The van der Waals surface area contributed by atoms with Crippen LogP contribution < -0.4 is 5.32 Å². The minimum absolute atomic E-state index is 0.0363. The van der Waals surface area contributed by atoms with Gasteiger partial charge >= 0.3 is 5.51 Å². The number of rotatable bonds is 5. The molecule has 0 bridgehead atoms. The Balaban J connectivity index is 1.69. The van der Waals surface area contributed by atoms with Crippen molar-refractivity contribution in [1.29, 1.82) is 0 Å². The molecule has 1 atom stereocenters. The first-order valence-electron chi connectivity index (χ1n) is 8.53. The summed E-state index contributed by atoms with van der Waals surface area (Å²) in [7, 11) is 0. The maximum absolute atomic E-state index is 13.1. The molecule has 0 saturated heterocycles. The summed E-state index contributed by atoms with van der Waals surface area (Å²) in [5.74, 6) is 0.101. The first-order chi connectivity index (χ1) is 12.9. The highest BCUT2D eigenvalue weighted by Crippen LogP contribution is 2.41. The highest BCUT2D eigenvalue weighted by Gasteiger charge is 2.39. The molecule has 1 heterocycles. The molecule has 2 aromatic rings. The van der Waals surface area contributed by atoms with Crippen LogP contribution in [0.5, 0.6) is 0 Å². The highest BCUT2D eigenvalue weighted by atomic mass is 32.2. The zero-order chi connectivity index (χ0) is 19.0. The minimum Gasteiger partial charge on any atom is -0.462 e. The van der Waals surface area contributed by atoms with Crippen molar-refractivity contribution in [2.24, 2.45) is 0 Å². The highest BCUT2D eigenvalue weighted by molar-refractivity contribution is 8.00. The van der Waals surface area contributed by atoms with E-state index in [9.17, 15) is 18.0 Å². The van der Waals surface area contributed by atoms with Crippen LogP contribution in [0.4, 0.5) is 13.2 Å². The van der Waals surface area contributed by atoms with Gasteiger partial charge < -0.3 is 10.1 Å². The van der Waals surface area contributed by atoms with Crippen molar-refractivity contribution < 1.29 is 22.7 Å². The molecule has 7 heteroatoms. The van der Waals surface area contributed by atoms with E-state index >= 15 is 0 Å². The van der Waals surface area contributed by atoms with Crippen LogP contribution in [0.15, 0.2) is 65.4 Å². The summed E-state index contributed by atoms with van der Waals surface area (Å²) in [6.07, 6.45) is 1.17. The van der Waals surface area contributed by atoms with Gasteiger partial charge in [-0.05, 0) is 42.3 Å². The molecule has 0 amide bonds. The Kier molecular flexibility index (Phi) is 4.63. The van der Waals surface area contributed by atoms with Crippen LogP contribution in [-0.2, 0) is 9.53 Å². The summed E-state index contributed by atoms with van der Waals surface area (Å²) < 4.78 is 44.1. The van der Waals surface area contributed by atoms with Gasteiger partial charge in [-0.25, -0.2) is 0 Å². The van der Waals surface area contributed by atoms with Crippen molar-refractivity contribution in [1.82, 2.24) is 5.32 Å². The number of carbonyl (C=O) groups is 1. The van der Waals surface area contributed by atoms with Gasteiger partial charge in [-0.2, -0.15) is 13.2 Å². The Morgan fingerprint density at radius 3 is 2.44 bits per heavy atom. The topological polar surface area (TPSA) is 38.3 Å². The van der Waals surface area contributed by atoms with Gasteiger partial charge in [0.15, 0.2) is 12.0 Å². The van der Waals surface area contributed by atoms with Crippen LogP contribution in [0, 0.1) is 0 Å². The number of benzene rings is 2. The summed E-state index contributed by atoms with van der Waals surface area (Å²) in [5.41, 5.74) is -2.94. The van der Waals surface area contributed by atoms with Crippen molar-refractivity contribution in [3.05, 3.63) is 71.6 Å². The maximum atomic E-state index is 13.1. The van der Waals surface area contributed by atoms with Crippen LogP contribution in [0.2, 0.25) is 0 Å². The fraction of sp³-hybridized carbons (Fsp3) is 0.250. The second-order valence-corrected chi connectivity index (χ2v) is 7.61. The van der Waals surface area contributed by atoms with Crippen molar-refractivity contribution in [3.63, 3.8) is 0 Å². The van der Waals surface area contributed by atoms with Gasteiger partial charge in [0.1, 0.15) is 0 Å². The number of Topliss-reactive ketones (excluding diaryl/α,β-unsaturated/α-hetero) is 1. The number of ketones is 1. The Bertz CT molecular complexity index is 892. The molecule has 1 aliphatic heterocycles. The molecule has 27 heavy (non-hydrogen) atoms. The molecule has 2 aromatic carbocycles. The lowest BCUT2D eigenvalue weighted by molar-refractivity contribution is -0.120. The standard InChI is InChI=1S/C20H16F3NO2S/c21-20(22,23)27-15-8-4-7-13(11-15)16-17(25)18(12-5-2-1-3-6-12)26-19(16)24-14-9-10-14/h1-8,11,14,18,24H,9-10H2. The van der Waals surface area contributed by atoms with Crippen molar-refractivity contribution in [2.75, 3.05) is 0 Å². The lowest BCUT2D eigenvalue weighted by atomic mass is 9.97. The molecular weight excluding hydrogens is 375 g/mol. The van der Waals surface area contributed by atoms with E-state index in [0.29, 0.717) is 22.6 Å². The van der Waals surface area contributed by atoms with Crippen molar-refractivity contribution in [3.8, 4) is 0 Å². The van der Waals surface area contributed by atoms with Gasteiger partial charge in [-0.15, -0.1) is 0 Å². The van der Waals surface area contributed by atoms with Gasteiger partial charge in [-0.1, -0.05) is 42.5 Å². The fourth-order valence-electron chi connectivity index (χ4n) is 2.96. The monoisotopic (exact) mass is 391 g/mol. The van der Waals surface area contributed by atoms with E-state index < -0.39 is 11.6 Å². The molecule has 3 nitrogen and oxygen atoms in total. The summed E-state index contributed by atoms with van der Waals surface area (Å²) in [5, 5.41) is 3.21. The average molecular weight is 391 g/mol. The van der Waals surface area contributed by atoms with Gasteiger partial charge in [0.05, 0.1) is 5.57 Å². The first-order valence-corrected chi connectivity index (χ1v) is 9.35. The number of alkyl halides is 3. The van der Waals surface area contributed by atoms with Crippen LogP contribution >= 0.6 is 11.8 Å². The molecule has 1 aliphatic carbocycles. The Morgan fingerprint density at radius 1 is 1.04 bits per heavy atom. The van der Waals surface area contributed by atoms with E-state index in [1.54, 1.807) is 18.2 Å². The summed E-state index contributed by atoms with van der Waals surface area (Å²) in [4.78, 5) is 13.1. The number of ether oxygens (including phenoxy) is 1. The van der Waals surface area contributed by atoms with Crippen LogP contribution in [0.1, 0.15) is 30.1 Å². The second kappa shape index (κ2) is 6.96. The first kappa shape index (κ1) is 18.0. The third-order valence-electron chi connectivity index (χ3n) is 4.32. The summed E-state index contributed by atoms with van der Waals surface area (Å²) in [6.45, 7) is 0. The Morgan fingerprint density at radius 2 is 1.78 bits per heavy atom. The number of hydrogen-bond acceptors (Lipinski definition) is 4. The van der Waals surface area contributed by atoms with Gasteiger partial charge in [0.25, 0.3) is 0 Å². The third-order valence-corrected chi connectivity index (χ3v) is 5.04. The zero-order valence-electron chi connectivity index (χ0n) is 14.1. The van der Waals surface area contributed by atoms with Crippen LogP contribution in [0.25, 0.3) is 5.57 Å². The number of nitrogens with one attached hydrogen (secondary N) is 1. The molecule has 140 valence electrons. The second-order valence-electron chi connectivity index (χ2n) is 6.47. The minimum atomic E-state index is -4.38. The molecule has 1 fully saturated rings. The van der Waals surface area contributed by atoms with E-state index in [0.717, 1.165) is 12.8 Å². The van der Waals surface area contributed by atoms with E-state index in [-0.39, 0.29) is 28.5 Å². The van der Waals surface area contributed by atoms with Crippen molar-refractivity contribution >= 4 is 23.1 Å². The average Bonchev–Trinajstić information content (AvgIpc) is 3.37. The smallest absolute Gasteiger partial charge is 0.446 e. The molecule has 0 radical (unpaired) electrons. The predicted octanol–water partition coefficient (Wildman–Crippen LogP) is 5.06. The SMILES string of the molecule is O=C1C(c2cccc(SC(F)(F)F)c2)=C(NC2CC2)OC1c1ccccc1. The van der Waals surface area contributed by atoms with Crippen LogP contribution in [-0.4, -0.2) is 17.3 Å². The van der Waals surface area contributed by atoms with Gasteiger partial charge in [-0.3, -0.25) is 4.79 Å². The summed E-state index contributed by atoms with van der Waals surface area (Å²) in [6, 6.07) is 15.3. The number of halogens is 3. The molecule has 1 saturated carbocycles. The van der Waals surface area contributed by atoms with Crippen LogP contribution in [0.3, 0.4) is 0 Å². The largest absolute Gasteiger partial charge is 0.462 e. The lowest BCUT2D eigenvalue weighted by Crippen LogP contribution is -2.17. The maximum Gasteiger partial charge on any atom is 0.446 e. The number of thioether (sulfide) groups is 1. The molecule has 1 N–H and O–H groups in total. The molecule has 2 aliphatic rings. The number of hydrogen-bond donors (Lipinski definition) is 1. The van der Waals surface area contributed by atoms with Gasteiger partial charge in [0, 0.05) is 16.5 Å². The molecule has 0 aromatic heterocycles. The number of carbonyl (C=O) groups excluding carboxylic acids is 1. The zero-order valence-corrected chi connectivity index (χ0v) is 14.9. The predicted molar refractivity (Wildman–Crippen MR) is 96.7 cm³/mol. The van der Waals surface area contributed by atoms with Crippen molar-refractivity contribution in [2.45, 2.75) is 35.4 Å². The molecule has 1 unspecified atom stereocenters. The normalized spacial score (nSPS) is 20.0. The van der Waals surface area contributed by atoms with E-state index in [4.69, 9.17) is 4.74 Å². The summed E-state index contributed by atoms with van der Waals surface area (Å²) >= 11 is -0.196. The van der Waals surface area contributed by atoms with E-state index in [2.05, 4.69) is 5.32 Å². The molecule has 4 rings (SSSR count). The Labute approximate surface area is 158 Å². The van der Waals surface area contributed by atoms with E-state index in [1.807, 2.05) is 18.2 Å². The Hall–Kier alpha value is -2.41. The molecular formula is C20H16F3NO2S.